The van der Waals surface area contributed by atoms with Gasteiger partial charge in [0.05, 0.1) is 34.0 Å². The molecule has 0 bridgehead atoms. The molecule has 1 unspecified atom stereocenters. The van der Waals surface area contributed by atoms with Crippen LogP contribution in [-0.2, 0) is 0 Å². The summed E-state index contributed by atoms with van der Waals surface area (Å²) in [6.45, 7) is 0. The molecule has 0 spiro atoms. The summed E-state index contributed by atoms with van der Waals surface area (Å²) in [4.78, 5) is 15.4. The van der Waals surface area contributed by atoms with E-state index in [1.54, 1.807) is 0 Å². The van der Waals surface area contributed by atoms with Gasteiger partial charge in [-0.3, -0.25) is 4.98 Å². The van der Waals surface area contributed by atoms with Crippen LogP contribution >= 0.6 is 0 Å². The Morgan fingerprint density at radius 2 is 1.35 bits per heavy atom. The van der Waals surface area contributed by atoms with Crippen molar-refractivity contribution in [1.82, 2.24) is 20.3 Å². The van der Waals surface area contributed by atoms with E-state index in [2.05, 4.69) is 139 Å². The average Bonchev–Trinajstić information content (AvgIpc) is 3.14. The number of dihydropyridines is 1. The Morgan fingerprint density at radius 3 is 2.24 bits per heavy atom. The summed E-state index contributed by atoms with van der Waals surface area (Å²) in [7, 11) is 0. The number of fused-ring (bicyclic) bond motifs is 5. The smallest absolute Gasteiger partial charge is 0.0979 e. The van der Waals surface area contributed by atoms with E-state index in [9.17, 15) is 0 Å². The molecule has 1 aliphatic heterocycles. The first-order valence-electron chi connectivity index (χ1n) is 15.6. The first kappa shape index (κ1) is 26.3. The molecule has 0 saturated carbocycles. The van der Waals surface area contributed by atoms with Crippen LogP contribution in [0.15, 0.2) is 163 Å². The van der Waals surface area contributed by atoms with Gasteiger partial charge in [-0.1, -0.05) is 121 Å². The zero-order chi connectivity index (χ0) is 30.5. The zero-order valence-corrected chi connectivity index (χ0v) is 24.9. The summed E-state index contributed by atoms with van der Waals surface area (Å²) >= 11 is 0. The number of hydrogen-bond acceptors (Lipinski definition) is 4. The minimum Gasteiger partial charge on any atom is -0.374 e. The molecule has 46 heavy (non-hydrogen) atoms. The normalized spacial score (nSPS) is 15.4. The molecule has 4 heterocycles. The van der Waals surface area contributed by atoms with Crippen LogP contribution in [0.4, 0.5) is 0 Å². The molecular formula is C42H28N4. The van der Waals surface area contributed by atoms with Gasteiger partial charge in [0.15, 0.2) is 0 Å². The number of nitrogens with zero attached hydrogens (tertiary/aromatic N) is 3. The molecule has 4 heteroatoms. The monoisotopic (exact) mass is 588 g/mol. The highest BCUT2D eigenvalue weighted by atomic mass is 14.9. The van der Waals surface area contributed by atoms with Crippen molar-refractivity contribution in [1.29, 1.82) is 0 Å². The van der Waals surface area contributed by atoms with Gasteiger partial charge in [-0.15, -0.1) is 0 Å². The standard InChI is InChI=1S/C42H28N4/c1-2-8-27(9-3-1)28-14-16-31(17-15-28)40-26-35(39-23-19-30-11-5-7-13-37(30)45-39)34-21-20-33-32(24-25-43-41(33)42(34)46-40)38-22-18-29-10-4-6-12-36(29)44-38/h1-26,36,44H. The Kier molecular flexibility index (Phi) is 6.17. The summed E-state index contributed by atoms with van der Waals surface area (Å²) < 4.78 is 0. The highest BCUT2D eigenvalue weighted by Gasteiger charge is 2.20. The molecule has 9 rings (SSSR count). The Balaban J connectivity index is 1.25. The summed E-state index contributed by atoms with van der Waals surface area (Å²) in [5.41, 5.74) is 12.4. The number of aromatic nitrogens is 3. The summed E-state index contributed by atoms with van der Waals surface area (Å²) in [5.74, 6) is 0. The van der Waals surface area contributed by atoms with Crippen LogP contribution in [0.25, 0.3) is 72.0 Å². The molecule has 1 atom stereocenters. The molecule has 4 aromatic carbocycles. The van der Waals surface area contributed by atoms with E-state index in [0.717, 1.165) is 66.5 Å². The van der Waals surface area contributed by atoms with Gasteiger partial charge in [0.25, 0.3) is 0 Å². The minimum absolute atomic E-state index is 0.155. The Bertz CT molecular complexity index is 2430. The SMILES string of the molecule is C1=CC2=CC=C(c3ccnc4c3ccc3c(-c5ccc6ccccc6n5)cc(-c5ccc(-c6ccccc6)cc5)nc34)NC2C=C1. The lowest BCUT2D eigenvalue weighted by atomic mass is 9.94. The second kappa shape index (κ2) is 10.8. The van der Waals surface area contributed by atoms with Gasteiger partial charge in [0, 0.05) is 44.7 Å². The van der Waals surface area contributed by atoms with Crippen LogP contribution in [0, 0.1) is 0 Å². The van der Waals surface area contributed by atoms with Crippen molar-refractivity contribution in [3.05, 3.63) is 169 Å². The van der Waals surface area contributed by atoms with E-state index in [-0.39, 0.29) is 6.04 Å². The summed E-state index contributed by atoms with van der Waals surface area (Å²) in [6, 6.07) is 40.4. The predicted octanol–water partition coefficient (Wildman–Crippen LogP) is 9.70. The highest BCUT2D eigenvalue weighted by molar-refractivity contribution is 6.11. The molecule has 216 valence electrons. The van der Waals surface area contributed by atoms with E-state index in [1.165, 1.54) is 16.7 Å². The molecule has 0 radical (unpaired) electrons. The van der Waals surface area contributed by atoms with Crippen molar-refractivity contribution in [3.63, 3.8) is 0 Å². The average molecular weight is 589 g/mol. The molecule has 4 nitrogen and oxygen atoms in total. The quantitative estimate of drug-likeness (QED) is 0.208. The third-order valence-electron chi connectivity index (χ3n) is 8.96. The molecule has 3 aromatic heterocycles. The van der Waals surface area contributed by atoms with E-state index < -0.39 is 0 Å². The molecule has 1 aliphatic carbocycles. The molecule has 1 N–H and O–H groups in total. The maximum Gasteiger partial charge on any atom is 0.0979 e. The lowest BCUT2D eigenvalue weighted by molar-refractivity contribution is 0.814. The van der Waals surface area contributed by atoms with Crippen LogP contribution in [-0.4, -0.2) is 21.0 Å². The maximum atomic E-state index is 5.31. The minimum atomic E-state index is 0.155. The predicted molar refractivity (Wildman–Crippen MR) is 190 cm³/mol. The van der Waals surface area contributed by atoms with Crippen molar-refractivity contribution in [3.8, 4) is 33.6 Å². The van der Waals surface area contributed by atoms with E-state index >= 15 is 0 Å². The van der Waals surface area contributed by atoms with Gasteiger partial charge in [-0.05, 0) is 47.0 Å². The first-order chi connectivity index (χ1) is 22.8. The van der Waals surface area contributed by atoms with Crippen molar-refractivity contribution in [2.24, 2.45) is 0 Å². The maximum absolute atomic E-state index is 5.31. The number of hydrogen-bond donors (Lipinski definition) is 1. The van der Waals surface area contributed by atoms with Crippen molar-refractivity contribution in [2.75, 3.05) is 0 Å². The van der Waals surface area contributed by atoms with Crippen molar-refractivity contribution < 1.29 is 0 Å². The Hall–Kier alpha value is -6.13. The Labute approximate surface area is 266 Å². The molecule has 0 fully saturated rings. The summed E-state index contributed by atoms with van der Waals surface area (Å²) in [5, 5.41) is 6.92. The van der Waals surface area contributed by atoms with Crippen LogP contribution in [0.3, 0.4) is 0 Å². The van der Waals surface area contributed by atoms with Crippen LogP contribution < -0.4 is 5.32 Å². The number of para-hydroxylation sites is 1. The van der Waals surface area contributed by atoms with Crippen molar-refractivity contribution in [2.45, 2.75) is 6.04 Å². The van der Waals surface area contributed by atoms with Gasteiger partial charge >= 0.3 is 0 Å². The third-order valence-corrected chi connectivity index (χ3v) is 8.96. The fourth-order valence-corrected chi connectivity index (χ4v) is 6.59. The molecule has 0 saturated heterocycles. The largest absolute Gasteiger partial charge is 0.374 e. The van der Waals surface area contributed by atoms with Gasteiger partial charge < -0.3 is 5.32 Å². The van der Waals surface area contributed by atoms with Gasteiger partial charge in [-0.25, -0.2) is 9.97 Å². The number of pyridine rings is 3. The third kappa shape index (κ3) is 4.51. The zero-order valence-electron chi connectivity index (χ0n) is 24.9. The van der Waals surface area contributed by atoms with Crippen LogP contribution in [0.5, 0.6) is 0 Å². The van der Waals surface area contributed by atoms with Crippen LogP contribution in [0.2, 0.25) is 0 Å². The number of benzene rings is 4. The lowest BCUT2D eigenvalue weighted by Gasteiger charge is -2.26. The Morgan fingerprint density at radius 1 is 0.565 bits per heavy atom. The summed E-state index contributed by atoms with van der Waals surface area (Å²) in [6.07, 6.45) is 14.8. The second-order valence-electron chi connectivity index (χ2n) is 11.7. The fourth-order valence-electron chi connectivity index (χ4n) is 6.59. The topological polar surface area (TPSA) is 50.7 Å². The van der Waals surface area contributed by atoms with Gasteiger partial charge in [0.2, 0.25) is 0 Å². The van der Waals surface area contributed by atoms with E-state index in [4.69, 9.17) is 15.0 Å². The van der Waals surface area contributed by atoms with Crippen molar-refractivity contribution >= 4 is 38.4 Å². The van der Waals surface area contributed by atoms with Gasteiger partial charge in [-0.2, -0.15) is 0 Å². The molecule has 2 aliphatic rings. The fraction of sp³-hybridized carbons (Fsp3) is 0.0238. The molecular weight excluding hydrogens is 560 g/mol. The number of allylic oxidation sites excluding steroid dienone is 4. The number of nitrogens with one attached hydrogen (secondary N) is 1. The number of rotatable bonds is 4. The first-order valence-corrected chi connectivity index (χ1v) is 15.6. The van der Waals surface area contributed by atoms with Crippen LogP contribution in [0.1, 0.15) is 5.56 Å². The van der Waals surface area contributed by atoms with Gasteiger partial charge in [0.1, 0.15) is 0 Å². The van der Waals surface area contributed by atoms with E-state index in [1.807, 2.05) is 24.4 Å². The van der Waals surface area contributed by atoms with E-state index in [0.29, 0.717) is 0 Å². The highest BCUT2D eigenvalue weighted by Crippen LogP contribution is 2.37. The molecule has 7 aromatic rings. The molecule has 0 amide bonds. The second-order valence-corrected chi connectivity index (χ2v) is 11.7. The lowest BCUT2D eigenvalue weighted by Crippen LogP contribution is -2.30.